The minimum Gasteiger partial charge on any atom is -0.481 e. The van der Waals surface area contributed by atoms with Gasteiger partial charge in [0.1, 0.15) is 5.92 Å². The van der Waals surface area contributed by atoms with Crippen molar-refractivity contribution in [2.24, 2.45) is 0 Å². The first kappa shape index (κ1) is 14.4. The van der Waals surface area contributed by atoms with Gasteiger partial charge in [-0.1, -0.05) is 60.7 Å². The number of rotatable bonds is 3. The molecule has 0 radical (unpaired) electrons. The predicted molar refractivity (Wildman–Crippen MR) is 95.2 cm³/mol. The molecule has 1 heterocycles. The van der Waals surface area contributed by atoms with E-state index in [0.717, 1.165) is 32.9 Å². The van der Waals surface area contributed by atoms with Gasteiger partial charge in [0.25, 0.3) is 0 Å². The van der Waals surface area contributed by atoms with Crippen molar-refractivity contribution in [1.82, 2.24) is 4.98 Å². The second kappa shape index (κ2) is 5.78. The number of carboxylic acid groups (broad SMARTS) is 1. The third-order valence-corrected chi connectivity index (χ3v) is 4.29. The molecule has 0 spiro atoms. The van der Waals surface area contributed by atoms with Crippen molar-refractivity contribution in [2.75, 3.05) is 0 Å². The monoisotopic (exact) mass is 313 g/mol. The Morgan fingerprint density at radius 2 is 1.54 bits per heavy atom. The van der Waals surface area contributed by atoms with E-state index in [2.05, 4.69) is 4.98 Å². The van der Waals surface area contributed by atoms with E-state index in [0.29, 0.717) is 0 Å². The molecule has 1 atom stereocenters. The fraction of sp³-hybridized carbons (Fsp3) is 0.0476. The van der Waals surface area contributed by atoms with Gasteiger partial charge in [-0.05, 0) is 29.3 Å². The minimum absolute atomic E-state index is 0.710. The SMILES string of the molecule is O=C(O)C(c1ccccc1)c1cccc2nc3ccccc3cc12. The number of hydrogen-bond donors (Lipinski definition) is 1. The zero-order chi connectivity index (χ0) is 16.5. The van der Waals surface area contributed by atoms with E-state index in [1.807, 2.05) is 78.9 Å². The largest absolute Gasteiger partial charge is 0.481 e. The van der Waals surface area contributed by atoms with Crippen LogP contribution in [0.5, 0.6) is 0 Å². The second-order valence-electron chi connectivity index (χ2n) is 5.78. The quantitative estimate of drug-likeness (QED) is 0.562. The van der Waals surface area contributed by atoms with Gasteiger partial charge in [0.15, 0.2) is 0 Å². The number of aromatic nitrogens is 1. The average Bonchev–Trinajstić information content (AvgIpc) is 2.61. The van der Waals surface area contributed by atoms with Gasteiger partial charge < -0.3 is 5.11 Å². The zero-order valence-electron chi connectivity index (χ0n) is 12.9. The fourth-order valence-corrected chi connectivity index (χ4v) is 3.17. The molecule has 116 valence electrons. The van der Waals surface area contributed by atoms with Crippen LogP contribution >= 0.6 is 0 Å². The molecule has 0 saturated carbocycles. The van der Waals surface area contributed by atoms with Crippen LogP contribution in [0.25, 0.3) is 21.8 Å². The van der Waals surface area contributed by atoms with Gasteiger partial charge in [-0.2, -0.15) is 0 Å². The van der Waals surface area contributed by atoms with Gasteiger partial charge in [-0.3, -0.25) is 4.79 Å². The highest BCUT2D eigenvalue weighted by molar-refractivity contribution is 5.97. The smallest absolute Gasteiger partial charge is 0.315 e. The maximum atomic E-state index is 12.0. The molecule has 1 unspecified atom stereocenters. The highest BCUT2D eigenvalue weighted by atomic mass is 16.4. The molecule has 0 amide bonds. The molecule has 0 aliphatic carbocycles. The lowest BCUT2D eigenvalue weighted by atomic mass is 9.88. The number of carbonyl (C=O) groups is 1. The van der Waals surface area contributed by atoms with Gasteiger partial charge in [-0.15, -0.1) is 0 Å². The number of carboxylic acids is 1. The molecule has 0 fully saturated rings. The topological polar surface area (TPSA) is 50.2 Å². The summed E-state index contributed by atoms with van der Waals surface area (Å²) in [7, 11) is 0. The van der Waals surface area contributed by atoms with Crippen molar-refractivity contribution in [3.05, 3.63) is 90.0 Å². The highest BCUT2D eigenvalue weighted by Crippen LogP contribution is 2.32. The molecule has 24 heavy (non-hydrogen) atoms. The molecule has 4 aromatic rings. The van der Waals surface area contributed by atoms with Crippen LogP contribution in [-0.4, -0.2) is 16.1 Å². The highest BCUT2D eigenvalue weighted by Gasteiger charge is 2.24. The Hall–Kier alpha value is -3.20. The third kappa shape index (κ3) is 2.40. The van der Waals surface area contributed by atoms with Crippen LogP contribution in [0.1, 0.15) is 17.0 Å². The van der Waals surface area contributed by atoms with Gasteiger partial charge in [0.05, 0.1) is 11.0 Å². The molecule has 0 aliphatic heterocycles. The van der Waals surface area contributed by atoms with E-state index in [1.54, 1.807) is 0 Å². The Bertz CT molecular complexity index is 1040. The van der Waals surface area contributed by atoms with Gasteiger partial charge >= 0.3 is 5.97 Å². The second-order valence-corrected chi connectivity index (χ2v) is 5.78. The number of para-hydroxylation sites is 1. The van der Waals surface area contributed by atoms with E-state index in [1.165, 1.54) is 0 Å². The number of fused-ring (bicyclic) bond motifs is 2. The summed E-state index contributed by atoms with van der Waals surface area (Å²) in [5.41, 5.74) is 3.26. The van der Waals surface area contributed by atoms with E-state index in [4.69, 9.17) is 0 Å². The molecule has 1 aromatic heterocycles. The lowest BCUT2D eigenvalue weighted by Crippen LogP contribution is -2.13. The number of aliphatic carboxylic acids is 1. The first-order valence-electron chi connectivity index (χ1n) is 7.80. The molecule has 3 heteroatoms. The van der Waals surface area contributed by atoms with Crippen LogP contribution in [0.2, 0.25) is 0 Å². The molecule has 0 saturated heterocycles. The Balaban J connectivity index is 2.01. The summed E-state index contributed by atoms with van der Waals surface area (Å²) in [6.07, 6.45) is 0. The minimum atomic E-state index is -0.859. The molecule has 3 aromatic carbocycles. The summed E-state index contributed by atoms with van der Waals surface area (Å²) in [6, 6.07) is 24.9. The van der Waals surface area contributed by atoms with E-state index < -0.39 is 11.9 Å². The Kier molecular flexibility index (Phi) is 3.47. The Morgan fingerprint density at radius 1 is 0.833 bits per heavy atom. The molecular weight excluding hydrogens is 298 g/mol. The first-order valence-corrected chi connectivity index (χ1v) is 7.80. The summed E-state index contributed by atoms with van der Waals surface area (Å²) in [5, 5.41) is 11.7. The van der Waals surface area contributed by atoms with E-state index in [-0.39, 0.29) is 0 Å². The van der Waals surface area contributed by atoms with Crippen molar-refractivity contribution < 1.29 is 9.90 Å². The molecule has 4 rings (SSSR count). The summed E-state index contributed by atoms with van der Waals surface area (Å²) in [5.74, 6) is -1.57. The van der Waals surface area contributed by atoms with Crippen LogP contribution in [0.4, 0.5) is 0 Å². The number of pyridine rings is 1. The van der Waals surface area contributed by atoms with E-state index in [9.17, 15) is 9.90 Å². The summed E-state index contributed by atoms with van der Waals surface area (Å²) in [6.45, 7) is 0. The van der Waals surface area contributed by atoms with E-state index >= 15 is 0 Å². The Labute approximate surface area is 139 Å². The lowest BCUT2D eigenvalue weighted by Gasteiger charge is -2.16. The van der Waals surface area contributed by atoms with Gasteiger partial charge in [0.2, 0.25) is 0 Å². The van der Waals surface area contributed by atoms with Crippen molar-refractivity contribution in [1.29, 1.82) is 0 Å². The number of hydrogen-bond acceptors (Lipinski definition) is 2. The van der Waals surface area contributed by atoms with Gasteiger partial charge in [0, 0.05) is 10.8 Å². The van der Waals surface area contributed by atoms with Crippen LogP contribution in [0.15, 0.2) is 78.9 Å². The van der Waals surface area contributed by atoms with Crippen molar-refractivity contribution in [3.63, 3.8) is 0 Å². The molecular formula is C21H15NO2. The Morgan fingerprint density at radius 3 is 2.33 bits per heavy atom. The molecule has 1 N–H and O–H groups in total. The van der Waals surface area contributed by atoms with Crippen molar-refractivity contribution in [3.8, 4) is 0 Å². The maximum Gasteiger partial charge on any atom is 0.315 e. The van der Waals surface area contributed by atoms with Crippen LogP contribution in [-0.2, 0) is 4.79 Å². The molecule has 3 nitrogen and oxygen atoms in total. The summed E-state index contributed by atoms with van der Waals surface area (Å²) >= 11 is 0. The third-order valence-electron chi connectivity index (χ3n) is 4.29. The van der Waals surface area contributed by atoms with Gasteiger partial charge in [-0.25, -0.2) is 4.98 Å². The maximum absolute atomic E-state index is 12.0. The lowest BCUT2D eigenvalue weighted by molar-refractivity contribution is -0.137. The number of benzene rings is 3. The van der Waals surface area contributed by atoms with Crippen LogP contribution in [0, 0.1) is 0 Å². The van der Waals surface area contributed by atoms with Crippen LogP contribution < -0.4 is 0 Å². The normalized spacial score (nSPS) is 12.3. The number of nitrogens with zero attached hydrogens (tertiary/aromatic N) is 1. The first-order chi connectivity index (χ1) is 11.7. The molecule has 0 bridgehead atoms. The summed E-state index contributed by atoms with van der Waals surface area (Å²) in [4.78, 5) is 16.7. The fourth-order valence-electron chi connectivity index (χ4n) is 3.17. The predicted octanol–water partition coefficient (Wildman–Crippen LogP) is 4.60. The summed E-state index contributed by atoms with van der Waals surface area (Å²) < 4.78 is 0. The zero-order valence-corrected chi connectivity index (χ0v) is 12.9. The van der Waals surface area contributed by atoms with Crippen molar-refractivity contribution >= 4 is 27.8 Å². The standard InChI is InChI=1S/C21H15NO2/c23-21(24)20(14-7-2-1-3-8-14)16-10-6-12-19-17(16)13-15-9-4-5-11-18(15)22-19/h1-13,20H,(H,23,24). The molecule has 0 aliphatic rings. The van der Waals surface area contributed by atoms with Crippen molar-refractivity contribution in [2.45, 2.75) is 5.92 Å². The van der Waals surface area contributed by atoms with Crippen LogP contribution in [0.3, 0.4) is 0 Å². The average molecular weight is 313 g/mol.